The van der Waals surface area contributed by atoms with E-state index in [1.54, 1.807) is 0 Å². The number of likely N-dealkylation sites (tertiary alicyclic amines) is 1. The molecule has 0 aromatic heterocycles. The Morgan fingerprint density at radius 1 is 1.05 bits per heavy atom. The van der Waals surface area contributed by atoms with Crippen molar-refractivity contribution in [2.75, 3.05) is 13.1 Å². The molecule has 20 heavy (non-hydrogen) atoms. The normalized spacial score (nSPS) is 22.2. The van der Waals surface area contributed by atoms with Gasteiger partial charge in [0.25, 0.3) is 0 Å². The molecule has 1 aromatic carbocycles. The van der Waals surface area contributed by atoms with Gasteiger partial charge in [0.1, 0.15) is 4.99 Å². The summed E-state index contributed by atoms with van der Waals surface area (Å²) >= 11 is 4.99. The lowest BCUT2D eigenvalue weighted by molar-refractivity contribution is 0.103. The Hall–Kier alpha value is -0.930. The zero-order valence-electron chi connectivity index (χ0n) is 12.1. The van der Waals surface area contributed by atoms with Crippen LogP contribution in [0.5, 0.6) is 0 Å². The van der Waals surface area contributed by atoms with Crippen molar-refractivity contribution in [1.29, 1.82) is 0 Å². The Morgan fingerprint density at radius 2 is 1.65 bits per heavy atom. The summed E-state index contributed by atoms with van der Waals surface area (Å²) in [5, 5.41) is 0. The van der Waals surface area contributed by atoms with Crippen LogP contribution in [0, 0.1) is 5.41 Å². The molecule has 1 aromatic rings. The van der Waals surface area contributed by atoms with Crippen molar-refractivity contribution in [3.05, 3.63) is 35.4 Å². The molecular formula is C17H24N2S. The summed E-state index contributed by atoms with van der Waals surface area (Å²) in [6.07, 6.45) is 8.67. The predicted molar refractivity (Wildman–Crippen MR) is 87.7 cm³/mol. The molecule has 2 aliphatic rings. The standard InChI is InChI=1S/C17H24N2S/c18-16(20)15-5-3-14(4-6-15)13-19-11-9-17(10-12-19)7-1-2-8-17/h3-6H,1-2,7-13H2,(H2,18,20). The highest BCUT2D eigenvalue weighted by atomic mass is 32.1. The Kier molecular flexibility index (Phi) is 4.08. The van der Waals surface area contributed by atoms with Gasteiger partial charge in [-0.05, 0) is 49.8 Å². The SMILES string of the molecule is NC(=S)c1ccc(CN2CCC3(CCCC3)CC2)cc1. The van der Waals surface area contributed by atoms with E-state index in [1.807, 2.05) is 12.1 Å². The van der Waals surface area contributed by atoms with Gasteiger partial charge in [0.05, 0.1) is 0 Å². The summed E-state index contributed by atoms with van der Waals surface area (Å²) in [6, 6.07) is 8.41. The van der Waals surface area contributed by atoms with Crippen molar-refractivity contribution in [2.24, 2.45) is 11.1 Å². The summed E-state index contributed by atoms with van der Waals surface area (Å²) in [7, 11) is 0. The van der Waals surface area contributed by atoms with Crippen LogP contribution in [0.1, 0.15) is 49.7 Å². The third kappa shape index (κ3) is 3.04. The fourth-order valence-electron chi connectivity index (χ4n) is 3.84. The molecule has 1 aliphatic heterocycles. The zero-order chi connectivity index (χ0) is 14.0. The maximum atomic E-state index is 5.64. The van der Waals surface area contributed by atoms with Gasteiger partial charge in [0, 0.05) is 12.1 Å². The molecule has 108 valence electrons. The monoisotopic (exact) mass is 288 g/mol. The zero-order valence-corrected chi connectivity index (χ0v) is 12.9. The summed E-state index contributed by atoms with van der Waals surface area (Å²) in [4.78, 5) is 3.08. The minimum atomic E-state index is 0.484. The Morgan fingerprint density at radius 3 is 2.20 bits per heavy atom. The van der Waals surface area contributed by atoms with Crippen molar-refractivity contribution in [1.82, 2.24) is 4.90 Å². The number of nitrogens with zero attached hydrogens (tertiary/aromatic N) is 1. The third-order valence-corrected chi connectivity index (χ3v) is 5.46. The number of hydrogen-bond acceptors (Lipinski definition) is 2. The van der Waals surface area contributed by atoms with Crippen LogP contribution >= 0.6 is 12.2 Å². The minimum Gasteiger partial charge on any atom is -0.389 e. The fraction of sp³-hybridized carbons (Fsp3) is 0.588. The maximum absolute atomic E-state index is 5.64. The first-order valence-electron chi connectivity index (χ1n) is 7.78. The predicted octanol–water partition coefficient (Wildman–Crippen LogP) is 3.48. The van der Waals surface area contributed by atoms with Gasteiger partial charge >= 0.3 is 0 Å². The molecule has 0 unspecified atom stereocenters. The van der Waals surface area contributed by atoms with Crippen LogP contribution in [0.2, 0.25) is 0 Å². The van der Waals surface area contributed by atoms with Crippen molar-refractivity contribution in [3.8, 4) is 0 Å². The molecule has 0 amide bonds. The molecule has 3 rings (SSSR count). The lowest BCUT2D eigenvalue weighted by Crippen LogP contribution is -2.38. The molecule has 0 atom stereocenters. The number of thiocarbonyl (C=S) groups is 1. The van der Waals surface area contributed by atoms with E-state index in [0.29, 0.717) is 10.4 Å². The second-order valence-corrected chi connectivity index (χ2v) is 6.98. The quantitative estimate of drug-likeness (QED) is 0.864. The third-order valence-electron chi connectivity index (χ3n) is 5.23. The van der Waals surface area contributed by atoms with Crippen LogP contribution in [-0.4, -0.2) is 23.0 Å². The number of nitrogens with two attached hydrogens (primary N) is 1. The molecule has 3 heteroatoms. The molecule has 0 radical (unpaired) electrons. The second kappa shape index (κ2) is 5.82. The summed E-state index contributed by atoms with van der Waals surface area (Å²) < 4.78 is 0. The molecule has 1 spiro atoms. The van der Waals surface area contributed by atoms with Gasteiger partial charge in [-0.1, -0.05) is 49.3 Å². The van der Waals surface area contributed by atoms with Crippen molar-refractivity contribution in [2.45, 2.75) is 45.1 Å². The molecule has 2 N–H and O–H groups in total. The molecule has 1 heterocycles. The average molecular weight is 288 g/mol. The summed E-state index contributed by atoms with van der Waals surface area (Å²) in [6.45, 7) is 3.59. The number of piperidine rings is 1. The van der Waals surface area contributed by atoms with Gasteiger partial charge in [-0.3, -0.25) is 4.90 Å². The lowest BCUT2D eigenvalue weighted by Gasteiger charge is -2.39. The highest BCUT2D eigenvalue weighted by molar-refractivity contribution is 7.80. The van der Waals surface area contributed by atoms with Crippen molar-refractivity contribution < 1.29 is 0 Å². The van der Waals surface area contributed by atoms with Gasteiger partial charge in [-0.2, -0.15) is 0 Å². The van der Waals surface area contributed by atoms with Gasteiger partial charge in [0.2, 0.25) is 0 Å². The Bertz CT molecular complexity index is 464. The maximum Gasteiger partial charge on any atom is 0.103 e. The van der Waals surface area contributed by atoms with E-state index in [1.165, 1.54) is 57.2 Å². The van der Waals surface area contributed by atoms with E-state index in [9.17, 15) is 0 Å². The minimum absolute atomic E-state index is 0.484. The van der Waals surface area contributed by atoms with Crippen LogP contribution < -0.4 is 5.73 Å². The molecular weight excluding hydrogens is 264 g/mol. The number of hydrogen-bond donors (Lipinski definition) is 1. The molecule has 0 bridgehead atoms. The van der Waals surface area contributed by atoms with E-state index in [-0.39, 0.29) is 0 Å². The summed E-state index contributed by atoms with van der Waals surface area (Å²) in [5.74, 6) is 0. The van der Waals surface area contributed by atoms with E-state index in [0.717, 1.165) is 12.1 Å². The van der Waals surface area contributed by atoms with E-state index in [4.69, 9.17) is 18.0 Å². The lowest BCUT2D eigenvalue weighted by atomic mass is 9.77. The van der Waals surface area contributed by atoms with Crippen molar-refractivity contribution >= 4 is 17.2 Å². The smallest absolute Gasteiger partial charge is 0.103 e. The molecule has 1 saturated carbocycles. The average Bonchev–Trinajstić information content (AvgIpc) is 2.91. The van der Waals surface area contributed by atoms with E-state index < -0.39 is 0 Å². The first kappa shape index (κ1) is 14.0. The largest absolute Gasteiger partial charge is 0.389 e. The van der Waals surface area contributed by atoms with Crippen LogP contribution in [0.15, 0.2) is 24.3 Å². The van der Waals surface area contributed by atoms with Crippen LogP contribution in [0.3, 0.4) is 0 Å². The first-order chi connectivity index (χ1) is 9.67. The first-order valence-corrected chi connectivity index (χ1v) is 8.19. The van der Waals surface area contributed by atoms with Gasteiger partial charge in [-0.15, -0.1) is 0 Å². The van der Waals surface area contributed by atoms with Crippen LogP contribution in [0.4, 0.5) is 0 Å². The highest BCUT2D eigenvalue weighted by Crippen LogP contribution is 2.46. The Labute approximate surface area is 127 Å². The van der Waals surface area contributed by atoms with Gasteiger partial charge < -0.3 is 5.73 Å². The van der Waals surface area contributed by atoms with Crippen molar-refractivity contribution in [3.63, 3.8) is 0 Å². The van der Waals surface area contributed by atoms with Crippen LogP contribution in [-0.2, 0) is 6.54 Å². The highest BCUT2D eigenvalue weighted by Gasteiger charge is 2.36. The van der Waals surface area contributed by atoms with Gasteiger partial charge in [0.15, 0.2) is 0 Å². The number of benzene rings is 1. The number of rotatable bonds is 3. The Balaban J connectivity index is 1.55. The van der Waals surface area contributed by atoms with Crippen LogP contribution in [0.25, 0.3) is 0 Å². The molecule has 2 nitrogen and oxygen atoms in total. The molecule has 1 aliphatic carbocycles. The van der Waals surface area contributed by atoms with E-state index in [2.05, 4.69) is 17.0 Å². The fourth-order valence-corrected chi connectivity index (χ4v) is 3.98. The molecule has 2 fully saturated rings. The summed E-state index contributed by atoms with van der Waals surface area (Å²) in [5.41, 5.74) is 8.68. The second-order valence-electron chi connectivity index (χ2n) is 6.54. The van der Waals surface area contributed by atoms with E-state index >= 15 is 0 Å². The molecule has 1 saturated heterocycles. The van der Waals surface area contributed by atoms with Gasteiger partial charge in [-0.25, -0.2) is 0 Å². The topological polar surface area (TPSA) is 29.3 Å².